The van der Waals surface area contributed by atoms with Crippen LogP contribution < -0.4 is 10.6 Å². The molecule has 1 aromatic carbocycles. The highest BCUT2D eigenvalue weighted by Crippen LogP contribution is 2.22. The number of hydrogen-bond donors (Lipinski definition) is 2. The average molecular weight is 360 g/mol. The summed E-state index contributed by atoms with van der Waals surface area (Å²) in [7, 11) is 0. The molecule has 7 heteroatoms. The third-order valence-electron chi connectivity index (χ3n) is 5.44. The average Bonchev–Trinajstić information content (AvgIpc) is 2.68. The molecule has 142 valence electrons. The molecule has 0 spiro atoms. The van der Waals surface area contributed by atoms with Gasteiger partial charge in [0.2, 0.25) is 0 Å². The molecule has 2 fully saturated rings. The number of anilines is 1. The molecule has 2 amide bonds. The molecule has 26 heavy (non-hydrogen) atoms. The van der Waals surface area contributed by atoms with Crippen LogP contribution in [0, 0.1) is 5.92 Å². The van der Waals surface area contributed by atoms with Crippen molar-refractivity contribution < 1.29 is 14.7 Å². The molecule has 0 aromatic heterocycles. The van der Waals surface area contributed by atoms with Gasteiger partial charge in [-0.2, -0.15) is 0 Å². The van der Waals surface area contributed by atoms with E-state index in [1.165, 1.54) is 5.69 Å². The molecule has 0 radical (unpaired) electrons. The lowest BCUT2D eigenvalue weighted by Crippen LogP contribution is -2.54. The number of nitrogens with two attached hydrogens (primary N) is 1. The topological polar surface area (TPSA) is 90.1 Å². The fourth-order valence-corrected chi connectivity index (χ4v) is 3.77. The molecule has 0 aliphatic carbocycles. The zero-order chi connectivity index (χ0) is 18.5. The van der Waals surface area contributed by atoms with E-state index in [4.69, 9.17) is 10.8 Å². The van der Waals surface area contributed by atoms with E-state index in [2.05, 4.69) is 17.0 Å². The molecule has 0 saturated carbocycles. The molecule has 1 aromatic rings. The lowest BCUT2D eigenvalue weighted by Gasteiger charge is -2.40. The second kappa shape index (κ2) is 8.40. The van der Waals surface area contributed by atoms with Crippen LogP contribution in [0.4, 0.5) is 10.5 Å². The molecule has 7 nitrogen and oxygen atoms in total. The summed E-state index contributed by atoms with van der Waals surface area (Å²) in [5.74, 6) is -0.546. The smallest absolute Gasteiger partial charge is 0.320 e. The third kappa shape index (κ3) is 4.46. The van der Waals surface area contributed by atoms with Crippen molar-refractivity contribution in [3.8, 4) is 0 Å². The Morgan fingerprint density at radius 1 is 0.962 bits per heavy atom. The van der Waals surface area contributed by atoms with E-state index >= 15 is 0 Å². The van der Waals surface area contributed by atoms with Crippen LogP contribution in [0.3, 0.4) is 0 Å². The predicted molar refractivity (Wildman–Crippen MR) is 100 cm³/mol. The molecular formula is C19H28N4O3. The van der Waals surface area contributed by atoms with Gasteiger partial charge in [0.1, 0.15) is 0 Å². The molecule has 3 rings (SSSR count). The van der Waals surface area contributed by atoms with Gasteiger partial charge in [0.15, 0.2) is 0 Å². The van der Waals surface area contributed by atoms with Crippen LogP contribution in [0.25, 0.3) is 0 Å². The number of amides is 2. The second-order valence-corrected chi connectivity index (χ2v) is 7.16. The summed E-state index contributed by atoms with van der Waals surface area (Å²) in [5, 5.41) is 8.89. The minimum Gasteiger partial charge on any atom is -0.481 e. The maximum Gasteiger partial charge on any atom is 0.320 e. The number of rotatable bonds is 4. The lowest BCUT2D eigenvalue weighted by molar-refractivity contribution is -0.138. The van der Waals surface area contributed by atoms with Crippen LogP contribution in [0.2, 0.25) is 0 Å². The number of carbonyl (C=O) groups excluding carboxylic acids is 1. The summed E-state index contributed by atoms with van der Waals surface area (Å²) in [5.41, 5.74) is 7.93. The predicted octanol–water partition coefficient (Wildman–Crippen LogP) is 1.57. The summed E-state index contributed by atoms with van der Waals surface area (Å²) >= 11 is 0. The highest BCUT2D eigenvalue weighted by molar-refractivity contribution is 5.75. The number of urea groups is 1. The number of benzene rings is 1. The molecule has 2 aliphatic rings. The standard InChI is InChI=1S/C19H28N4O3/c20-14-16-1-3-17(4-2-16)21-9-11-23(12-10-21)19(26)22-7-5-15(6-8-22)13-18(24)25/h1-4,15H,5-14,20H2,(H,24,25). The van der Waals surface area contributed by atoms with Crippen LogP contribution in [0.1, 0.15) is 24.8 Å². The van der Waals surface area contributed by atoms with Gasteiger partial charge in [-0.1, -0.05) is 12.1 Å². The van der Waals surface area contributed by atoms with Crippen molar-refractivity contribution >= 4 is 17.7 Å². The van der Waals surface area contributed by atoms with E-state index in [1.807, 2.05) is 21.9 Å². The van der Waals surface area contributed by atoms with Crippen molar-refractivity contribution in [3.63, 3.8) is 0 Å². The van der Waals surface area contributed by atoms with Gasteiger partial charge in [-0.3, -0.25) is 4.79 Å². The molecule has 3 N–H and O–H groups in total. The fourth-order valence-electron chi connectivity index (χ4n) is 3.77. The van der Waals surface area contributed by atoms with Crippen molar-refractivity contribution in [1.29, 1.82) is 0 Å². The van der Waals surface area contributed by atoms with Crippen molar-refractivity contribution in [1.82, 2.24) is 9.80 Å². The van der Waals surface area contributed by atoms with Crippen LogP contribution in [0.15, 0.2) is 24.3 Å². The zero-order valence-electron chi connectivity index (χ0n) is 15.1. The molecule has 2 aliphatic heterocycles. The van der Waals surface area contributed by atoms with Crippen LogP contribution in [-0.4, -0.2) is 66.2 Å². The summed E-state index contributed by atoms with van der Waals surface area (Å²) < 4.78 is 0. The van der Waals surface area contributed by atoms with Crippen molar-refractivity contribution in [2.45, 2.75) is 25.8 Å². The van der Waals surface area contributed by atoms with Gasteiger partial charge in [-0.05, 0) is 36.5 Å². The first-order chi connectivity index (χ1) is 12.6. The highest BCUT2D eigenvalue weighted by Gasteiger charge is 2.29. The number of nitrogens with zero attached hydrogens (tertiary/aromatic N) is 3. The molecule has 0 bridgehead atoms. The summed E-state index contributed by atoms with van der Waals surface area (Å²) in [6.45, 7) is 4.95. The van der Waals surface area contributed by atoms with Crippen molar-refractivity contribution in [3.05, 3.63) is 29.8 Å². The maximum absolute atomic E-state index is 12.7. The maximum atomic E-state index is 12.7. The van der Waals surface area contributed by atoms with E-state index in [9.17, 15) is 9.59 Å². The third-order valence-corrected chi connectivity index (χ3v) is 5.44. The van der Waals surface area contributed by atoms with Gasteiger partial charge in [0, 0.05) is 57.9 Å². The van der Waals surface area contributed by atoms with Crippen LogP contribution >= 0.6 is 0 Å². The van der Waals surface area contributed by atoms with Crippen LogP contribution in [-0.2, 0) is 11.3 Å². The zero-order valence-corrected chi connectivity index (χ0v) is 15.1. The van der Waals surface area contributed by atoms with Gasteiger partial charge < -0.3 is 25.5 Å². The Balaban J connectivity index is 1.47. The van der Waals surface area contributed by atoms with Crippen molar-refractivity contribution in [2.24, 2.45) is 11.7 Å². The number of carboxylic acid groups (broad SMARTS) is 1. The SMILES string of the molecule is NCc1ccc(N2CCN(C(=O)N3CCC(CC(=O)O)CC3)CC2)cc1. The van der Waals surface area contributed by atoms with Crippen LogP contribution in [0.5, 0.6) is 0 Å². The van der Waals surface area contributed by atoms with E-state index in [0.717, 1.165) is 31.5 Å². The monoisotopic (exact) mass is 360 g/mol. The number of carbonyl (C=O) groups is 2. The summed E-state index contributed by atoms with van der Waals surface area (Å²) in [6.07, 6.45) is 1.78. The quantitative estimate of drug-likeness (QED) is 0.851. The Labute approximate surface area is 154 Å². The van der Waals surface area contributed by atoms with Crippen molar-refractivity contribution in [2.75, 3.05) is 44.2 Å². The summed E-state index contributed by atoms with van der Waals surface area (Å²) in [4.78, 5) is 29.6. The minimum absolute atomic E-state index is 0.0944. The Hall–Kier alpha value is -2.28. The normalized spacial score (nSPS) is 18.9. The van der Waals surface area contributed by atoms with E-state index in [-0.39, 0.29) is 18.4 Å². The number of piperidine rings is 1. The number of hydrogen-bond acceptors (Lipinski definition) is 4. The van der Waals surface area contributed by atoms with E-state index < -0.39 is 5.97 Å². The molecule has 0 unspecified atom stereocenters. The molecule has 2 saturated heterocycles. The van der Waals surface area contributed by atoms with E-state index in [1.54, 1.807) is 0 Å². The lowest BCUT2D eigenvalue weighted by atomic mass is 9.94. The van der Waals surface area contributed by atoms with Gasteiger partial charge >= 0.3 is 12.0 Å². The summed E-state index contributed by atoms with van der Waals surface area (Å²) in [6, 6.07) is 8.37. The number of aliphatic carboxylic acids is 1. The van der Waals surface area contributed by atoms with Gasteiger partial charge in [-0.25, -0.2) is 4.79 Å². The number of carboxylic acids is 1. The Morgan fingerprint density at radius 2 is 1.54 bits per heavy atom. The molecule has 2 heterocycles. The first-order valence-electron chi connectivity index (χ1n) is 9.36. The fraction of sp³-hybridized carbons (Fsp3) is 0.579. The largest absolute Gasteiger partial charge is 0.481 e. The minimum atomic E-state index is -0.745. The number of likely N-dealkylation sites (tertiary alicyclic amines) is 1. The first-order valence-corrected chi connectivity index (χ1v) is 9.36. The first kappa shape index (κ1) is 18.5. The van der Waals surface area contributed by atoms with Gasteiger partial charge in [-0.15, -0.1) is 0 Å². The highest BCUT2D eigenvalue weighted by atomic mass is 16.4. The van der Waals surface area contributed by atoms with E-state index in [0.29, 0.717) is 32.7 Å². The van der Waals surface area contributed by atoms with Gasteiger partial charge in [0.25, 0.3) is 0 Å². The molecule has 0 atom stereocenters. The van der Waals surface area contributed by atoms with Gasteiger partial charge in [0.05, 0.1) is 0 Å². The second-order valence-electron chi connectivity index (χ2n) is 7.16. The number of piperazine rings is 1. The Kier molecular flexibility index (Phi) is 5.98. The Bertz CT molecular complexity index is 618. The molecular weight excluding hydrogens is 332 g/mol. The Morgan fingerprint density at radius 3 is 2.08 bits per heavy atom.